The number of aromatic hydroxyl groups is 3. The van der Waals surface area contributed by atoms with E-state index < -0.39 is 0 Å². The fraction of sp³-hybridized carbons (Fsp3) is 0.217. The Labute approximate surface area is 156 Å². The number of benzene rings is 3. The van der Waals surface area contributed by atoms with Crippen LogP contribution >= 0.6 is 0 Å². The average Bonchev–Trinajstić information content (AvgIpc) is 2.69. The van der Waals surface area contributed by atoms with Crippen LogP contribution in [0.5, 0.6) is 17.2 Å². The van der Waals surface area contributed by atoms with Crippen LogP contribution in [-0.4, -0.2) is 15.3 Å². The molecule has 0 aromatic heterocycles. The van der Waals surface area contributed by atoms with Gasteiger partial charge in [-0.25, -0.2) is 0 Å². The number of phenols is 3. The highest BCUT2D eigenvalue weighted by Crippen LogP contribution is 2.37. The molecule has 3 aromatic rings. The molecule has 0 unspecified atom stereocenters. The smallest absolute Gasteiger partial charge is 0.119 e. The van der Waals surface area contributed by atoms with Crippen LogP contribution in [0.4, 0.5) is 0 Å². The summed E-state index contributed by atoms with van der Waals surface area (Å²) in [4.78, 5) is 0. The minimum atomic E-state index is -0.178. The Morgan fingerprint density at radius 3 is 1.31 bits per heavy atom. The van der Waals surface area contributed by atoms with Gasteiger partial charge in [0, 0.05) is 11.5 Å². The van der Waals surface area contributed by atoms with Crippen molar-refractivity contribution in [3.8, 4) is 17.2 Å². The van der Waals surface area contributed by atoms with Gasteiger partial charge in [-0.2, -0.15) is 0 Å². The predicted molar refractivity (Wildman–Crippen MR) is 108 cm³/mol. The number of phenolic OH excluding ortho intramolecular Hbond substituents is 3. The Hall–Kier alpha value is -2.94. The van der Waals surface area contributed by atoms with Gasteiger partial charge >= 0.3 is 0 Å². The fourth-order valence-electron chi connectivity index (χ4n) is 2.62. The molecule has 0 saturated carbocycles. The van der Waals surface area contributed by atoms with Crippen molar-refractivity contribution in [3.05, 3.63) is 89.5 Å². The molecule has 3 nitrogen and oxygen atoms in total. The van der Waals surface area contributed by atoms with E-state index in [1.54, 1.807) is 36.4 Å². The van der Waals surface area contributed by atoms with Crippen LogP contribution in [0.3, 0.4) is 0 Å². The second kappa shape index (κ2) is 10.8. The van der Waals surface area contributed by atoms with E-state index in [1.807, 2.05) is 64.1 Å². The molecule has 0 bridgehead atoms. The van der Waals surface area contributed by atoms with E-state index in [2.05, 4.69) is 0 Å². The number of hydrogen-bond donors (Lipinski definition) is 3. The van der Waals surface area contributed by atoms with Gasteiger partial charge in [0.15, 0.2) is 0 Å². The summed E-state index contributed by atoms with van der Waals surface area (Å²) in [7, 11) is 0. The maximum atomic E-state index is 10.2. The van der Waals surface area contributed by atoms with E-state index in [0.717, 1.165) is 16.7 Å². The van der Waals surface area contributed by atoms with Crippen molar-refractivity contribution in [1.29, 1.82) is 0 Å². The Morgan fingerprint density at radius 2 is 0.923 bits per heavy atom. The SMILES string of the molecule is CC.CC.Oc1ccc(C(c2ccc(O)cc2)c2ccccc2O)cc1. The minimum absolute atomic E-state index is 0.178. The molecule has 0 aliphatic rings. The molecule has 0 atom stereocenters. The highest BCUT2D eigenvalue weighted by Gasteiger charge is 2.19. The molecule has 0 spiro atoms. The minimum Gasteiger partial charge on any atom is -0.508 e. The molecule has 3 aromatic carbocycles. The van der Waals surface area contributed by atoms with Gasteiger partial charge in [-0.3, -0.25) is 0 Å². The molecule has 138 valence electrons. The highest BCUT2D eigenvalue weighted by molar-refractivity contribution is 5.49. The van der Waals surface area contributed by atoms with Crippen LogP contribution in [0, 0.1) is 0 Å². The van der Waals surface area contributed by atoms with Crippen LogP contribution in [-0.2, 0) is 0 Å². The number of hydrogen-bond acceptors (Lipinski definition) is 3. The van der Waals surface area contributed by atoms with Crippen molar-refractivity contribution >= 4 is 0 Å². The van der Waals surface area contributed by atoms with Crippen molar-refractivity contribution < 1.29 is 15.3 Å². The van der Waals surface area contributed by atoms with Gasteiger partial charge < -0.3 is 15.3 Å². The summed E-state index contributed by atoms with van der Waals surface area (Å²) in [5.74, 6) is 0.437. The molecule has 0 radical (unpaired) electrons. The second-order valence-electron chi connectivity index (χ2n) is 5.17. The van der Waals surface area contributed by atoms with Gasteiger partial charge in [0.1, 0.15) is 17.2 Å². The lowest BCUT2D eigenvalue weighted by atomic mass is 9.84. The van der Waals surface area contributed by atoms with Crippen LogP contribution in [0.25, 0.3) is 0 Å². The van der Waals surface area contributed by atoms with Crippen LogP contribution in [0.1, 0.15) is 50.3 Å². The third-order valence-corrected chi connectivity index (χ3v) is 3.70. The number of para-hydroxylation sites is 1. The van der Waals surface area contributed by atoms with Gasteiger partial charge in [-0.15, -0.1) is 0 Å². The molecule has 3 N–H and O–H groups in total. The molecular formula is C23H28O3. The second-order valence-corrected chi connectivity index (χ2v) is 5.17. The Morgan fingerprint density at radius 1 is 0.538 bits per heavy atom. The molecule has 0 aliphatic carbocycles. The quantitative estimate of drug-likeness (QED) is 0.504. The molecule has 0 amide bonds. The summed E-state index contributed by atoms with van der Waals surface area (Å²) in [5, 5.41) is 29.2. The Kier molecular flexibility index (Phi) is 8.79. The first kappa shape index (κ1) is 21.1. The van der Waals surface area contributed by atoms with Crippen LogP contribution < -0.4 is 0 Å². The van der Waals surface area contributed by atoms with Crippen molar-refractivity contribution in [2.45, 2.75) is 33.6 Å². The van der Waals surface area contributed by atoms with Gasteiger partial charge in [-0.05, 0) is 41.5 Å². The molecule has 0 heterocycles. The zero-order valence-electron chi connectivity index (χ0n) is 15.8. The molecule has 3 heteroatoms. The van der Waals surface area contributed by atoms with Crippen LogP contribution in [0.15, 0.2) is 72.8 Å². The lowest BCUT2D eigenvalue weighted by Gasteiger charge is -2.20. The third kappa shape index (κ3) is 5.28. The summed E-state index contributed by atoms with van der Waals surface area (Å²) in [6.45, 7) is 8.00. The summed E-state index contributed by atoms with van der Waals surface area (Å²) in [6, 6.07) is 21.0. The topological polar surface area (TPSA) is 60.7 Å². The van der Waals surface area contributed by atoms with E-state index in [1.165, 1.54) is 0 Å². The van der Waals surface area contributed by atoms with Crippen molar-refractivity contribution in [1.82, 2.24) is 0 Å². The molecular weight excluding hydrogens is 324 g/mol. The van der Waals surface area contributed by atoms with Gasteiger partial charge in [-0.1, -0.05) is 70.2 Å². The first-order chi connectivity index (χ1) is 12.6. The summed E-state index contributed by atoms with van der Waals surface area (Å²) in [5.41, 5.74) is 2.67. The van der Waals surface area contributed by atoms with Crippen molar-refractivity contribution in [2.24, 2.45) is 0 Å². The van der Waals surface area contributed by atoms with Gasteiger partial charge in [0.05, 0.1) is 0 Å². The largest absolute Gasteiger partial charge is 0.508 e. The zero-order valence-corrected chi connectivity index (χ0v) is 15.8. The molecule has 0 aliphatic heterocycles. The fourth-order valence-corrected chi connectivity index (χ4v) is 2.62. The first-order valence-corrected chi connectivity index (χ1v) is 9.01. The normalized spacial score (nSPS) is 9.58. The van der Waals surface area contributed by atoms with Gasteiger partial charge in [0.25, 0.3) is 0 Å². The molecule has 0 saturated heterocycles. The first-order valence-electron chi connectivity index (χ1n) is 9.01. The summed E-state index contributed by atoms with van der Waals surface area (Å²) in [6.07, 6.45) is 0. The lowest BCUT2D eigenvalue weighted by molar-refractivity contribution is 0.467. The van der Waals surface area contributed by atoms with E-state index in [-0.39, 0.29) is 23.2 Å². The standard InChI is InChI=1S/C19H16O3.2C2H6/c20-15-9-5-13(6-10-15)19(14-7-11-16(21)12-8-14)17-3-1-2-4-18(17)22;2*1-2/h1-12,19-22H;2*1-2H3. The maximum absolute atomic E-state index is 10.2. The van der Waals surface area contributed by atoms with E-state index in [4.69, 9.17) is 0 Å². The lowest BCUT2D eigenvalue weighted by Crippen LogP contribution is -2.03. The summed E-state index contributed by atoms with van der Waals surface area (Å²) >= 11 is 0. The Balaban J connectivity index is 0.000000791. The molecule has 3 rings (SSSR count). The molecule has 26 heavy (non-hydrogen) atoms. The van der Waals surface area contributed by atoms with Crippen molar-refractivity contribution in [2.75, 3.05) is 0 Å². The third-order valence-electron chi connectivity index (χ3n) is 3.70. The average molecular weight is 352 g/mol. The zero-order chi connectivity index (χ0) is 19.5. The monoisotopic (exact) mass is 352 g/mol. The summed E-state index contributed by atoms with van der Waals surface area (Å²) < 4.78 is 0. The predicted octanol–water partition coefficient (Wildman–Crippen LogP) is 6.04. The van der Waals surface area contributed by atoms with Crippen LogP contribution in [0.2, 0.25) is 0 Å². The maximum Gasteiger partial charge on any atom is 0.119 e. The molecule has 0 fully saturated rings. The van der Waals surface area contributed by atoms with E-state index in [0.29, 0.717) is 0 Å². The van der Waals surface area contributed by atoms with E-state index in [9.17, 15) is 15.3 Å². The van der Waals surface area contributed by atoms with Crippen molar-refractivity contribution in [3.63, 3.8) is 0 Å². The highest BCUT2D eigenvalue weighted by atomic mass is 16.3. The van der Waals surface area contributed by atoms with Gasteiger partial charge in [0.2, 0.25) is 0 Å². The van der Waals surface area contributed by atoms with E-state index >= 15 is 0 Å². The Bertz CT molecular complexity index is 717. The number of rotatable bonds is 3.